The molecule has 0 saturated carbocycles. The highest BCUT2D eigenvalue weighted by molar-refractivity contribution is 4.84. The molecule has 1 saturated heterocycles. The quantitative estimate of drug-likeness (QED) is 0.493. The van der Waals surface area contributed by atoms with E-state index in [0.717, 1.165) is 25.4 Å². The van der Waals surface area contributed by atoms with Gasteiger partial charge in [0.15, 0.2) is 0 Å². The maximum absolute atomic E-state index is 5.24. The van der Waals surface area contributed by atoms with Gasteiger partial charge in [-0.05, 0) is 46.4 Å². The van der Waals surface area contributed by atoms with E-state index in [1.807, 2.05) is 0 Å². The van der Waals surface area contributed by atoms with Gasteiger partial charge in [-0.3, -0.25) is 0 Å². The fourth-order valence-electron chi connectivity index (χ4n) is 2.11. The number of rotatable bonds is 4. The second kappa shape index (κ2) is 6.06. The molecule has 0 aromatic carbocycles. The van der Waals surface area contributed by atoms with Crippen molar-refractivity contribution in [3.8, 4) is 12.3 Å². The van der Waals surface area contributed by atoms with Crippen molar-refractivity contribution in [3.63, 3.8) is 0 Å². The number of unbranched alkanes of at least 4 members (excludes halogenated alkanes) is 1. The molecule has 0 spiro atoms. The molecule has 1 rings (SSSR count). The third-order valence-corrected chi connectivity index (χ3v) is 3.05. The molecule has 0 radical (unpaired) electrons. The predicted octanol–water partition coefficient (Wildman–Crippen LogP) is 1.43. The maximum Gasteiger partial charge on any atom is 0.0220 e. The zero-order chi connectivity index (χ0) is 10.4. The topological polar surface area (TPSA) is 6.48 Å². The average Bonchev–Trinajstić information content (AvgIpc) is 2.18. The van der Waals surface area contributed by atoms with E-state index in [1.54, 1.807) is 0 Å². The smallest absolute Gasteiger partial charge is 0.0220 e. The van der Waals surface area contributed by atoms with Gasteiger partial charge < -0.3 is 9.80 Å². The van der Waals surface area contributed by atoms with Crippen LogP contribution in [0.15, 0.2) is 0 Å². The first-order valence-electron chi connectivity index (χ1n) is 5.56. The van der Waals surface area contributed by atoms with Crippen LogP contribution in [0.2, 0.25) is 0 Å². The third-order valence-electron chi connectivity index (χ3n) is 3.05. The molecule has 1 aliphatic rings. The number of hydrogen-bond acceptors (Lipinski definition) is 2. The van der Waals surface area contributed by atoms with Gasteiger partial charge >= 0.3 is 0 Å². The van der Waals surface area contributed by atoms with Gasteiger partial charge in [0.25, 0.3) is 0 Å². The van der Waals surface area contributed by atoms with E-state index < -0.39 is 0 Å². The Bertz CT molecular complexity index is 195. The van der Waals surface area contributed by atoms with E-state index >= 15 is 0 Å². The lowest BCUT2D eigenvalue weighted by atomic mass is 10.0. The lowest BCUT2D eigenvalue weighted by molar-refractivity contribution is 0.134. The van der Waals surface area contributed by atoms with Crippen molar-refractivity contribution in [2.75, 3.05) is 33.7 Å². The Balaban J connectivity index is 2.22. The molecule has 2 heteroatoms. The summed E-state index contributed by atoms with van der Waals surface area (Å²) < 4.78 is 0. The lowest BCUT2D eigenvalue weighted by Gasteiger charge is -2.35. The number of piperidine rings is 1. The first kappa shape index (κ1) is 11.6. The van der Waals surface area contributed by atoms with Crippen molar-refractivity contribution < 1.29 is 0 Å². The monoisotopic (exact) mass is 194 g/mol. The first-order chi connectivity index (χ1) is 6.74. The van der Waals surface area contributed by atoms with Crippen LogP contribution < -0.4 is 0 Å². The second-order valence-corrected chi connectivity index (χ2v) is 4.35. The van der Waals surface area contributed by atoms with Crippen LogP contribution in [0, 0.1) is 12.3 Å². The molecular formula is C12H22N2. The summed E-state index contributed by atoms with van der Waals surface area (Å²) in [6, 6.07) is 0.742. The molecule has 0 N–H and O–H groups in total. The second-order valence-electron chi connectivity index (χ2n) is 4.35. The van der Waals surface area contributed by atoms with Gasteiger partial charge in [0.1, 0.15) is 0 Å². The molecule has 1 fully saturated rings. The van der Waals surface area contributed by atoms with Crippen LogP contribution in [0.4, 0.5) is 0 Å². The summed E-state index contributed by atoms with van der Waals surface area (Å²) >= 11 is 0. The van der Waals surface area contributed by atoms with E-state index in [9.17, 15) is 0 Å². The number of hydrogen-bond donors (Lipinski definition) is 0. The lowest BCUT2D eigenvalue weighted by Crippen LogP contribution is -2.45. The van der Waals surface area contributed by atoms with Crippen LogP contribution in [0.1, 0.15) is 25.7 Å². The van der Waals surface area contributed by atoms with E-state index in [1.165, 1.54) is 25.9 Å². The summed E-state index contributed by atoms with van der Waals surface area (Å²) in [6.45, 7) is 3.62. The van der Waals surface area contributed by atoms with E-state index in [-0.39, 0.29) is 0 Å². The highest BCUT2D eigenvalue weighted by Crippen LogP contribution is 2.13. The van der Waals surface area contributed by atoms with Crippen molar-refractivity contribution in [2.24, 2.45) is 0 Å². The molecule has 0 aromatic rings. The standard InChI is InChI=1S/C12H22N2/c1-4-5-6-10-14(3)12-8-7-9-13(2)11-12/h1,12H,5-11H2,2-3H3. The summed E-state index contributed by atoms with van der Waals surface area (Å²) in [5.74, 6) is 2.70. The molecule has 2 nitrogen and oxygen atoms in total. The Morgan fingerprint density at radius 1 is 1.57 bits per heavy atom. The largest absolute Gasteiger partial charge is 0.305 e. The van der Waals surface area contributed by atoms with Gasteiger partial charge in [-0.2, -0.15) is 0 Å². The van der Waals surface area contributed by atoms with Crippen molar-refractivity contribution in [1.29, 1.82) is 0 Å². The summed E-state index contributed by atoms with van der Waals surface area (Å²) in [5, 5.41) is 0. The molecule has 0 amide bonds. The Hall–Kier alpha value is -0.520. The molecule has 0 aliphatic carbocycles. The minimum Gasteiger partial charge on any atom is -0.305 e. The maximum atomic E-state index is 5.24. The van der Waals surface area contributed by atoms with Gasteiger partial charge in [-0.15, -0.1) is 12.3 Å². The summed E-state index contributed by atoms with van der Waals surface area (Å²) in [7, 11) is 4.43. The third kappa shape index (κ3) is 3.69. The van der Waals surface area contributed by atoms with Crippen LogP contribution in [0.5, 0.6) is 0 Å². The zero-order valence-electron chi connectivity index (χ0n) is 9.50. The molecule has 1 aliphatic heterocycles. The number of likely N-dealkylation sites (tertiary alicyclic amines) is 1. The van der Waals surface area contributed by atoms with Crippen molar-refractivity contribution in [3.05, 3.63) is 0 Å². The minimum absolute atomic E-state index is 0.742. The van der Waals surface area contributed by atoms with E-state index in [0.29, 0.717) is 0 Å². The normalized spacial score (nSPS) is 23.7. The fourth-order valence-corrected chi connectivity index (χ4v) is 2.11. The SMILES string of the molecule is C#CCCCN(C)C1CCCN(C)C1. The fraction of sp³-hybridized carbons (Fsp3) is 0.833. The van der Waals surface area contributed by atoms with Crippen LogP contribution in [0.3, 0.4) is 0 Å². The first-order valence-corrected chi connectivity index (χ1v) is 5.56. The van der Waals surface area contributed by atoms with Crippen LogP contribution >= 0.6 is 0 Å². The van der Waals surface area contributed by atoms with Gasteiger partial charge in [0.2, 0.25) is 0 Å². The summed E-state index contributed by atoms with van der Waals surface area (Å²) in [5.41, 5.74) is 0. The van der Waals surface area contributed by atoms with E-state index in [2.05, 4.69) is 29.8 Å². The Kier molecular flexibility index (Phi) is 5.00. The summed E-state index contributed by atoms with van der Waals surface area (Å²) in [6.07, 6.45) is 9.96. The Labute approximate surface area is 88.3 Å². The van der Waals surface area contributed by atoms with Crippen LogP contribution in [-0.4, -0.2) is 49.6 Å². The number of terminal acetylenes is 1. The van der Waals surface area contributed by atoms with Crippen molar-refractivity contribution in [2.45, 2.75) is 31.7 Å². The molecule has 80 valence electrons. The van der Waals surface area contributed by atoms with Gasteiger partial charge in [0, 0.05) is 19.0 Å². The number of nitrogens with zero attached hydrogens (tertiary/aromatic N) is 2. The molecule has 14 heavy (non-hydrogen) atoms. The highest BCUT2D eigenvalue weighted by Gasteiger charge is 2.20. The van der Waals surface area contributed by atoms with E-state index in [4.69, 9.17) is 6.42 Å². The van der Waals surface area contributed by atoms with Crippen LogP contribution in [-0.2, 0) is 0 Å². The minimum atomic E-state index is 0.742. The average molecular weight is 194 g/mol. The highest BCUT2D eigenvalue weighted by atomic mass is 15.2. The van der Waals surface area contributed by atoms with Crippen molar-refractivity contribution >= 4 is 0 Å². The van der Waals surface area contributed by atoms with Gasteiger partial charge in [-0.25, -0.2) is 0 Å². The predicted molar refractivity (Wildman–Crippen MR) is 61.2 cm³/mol. The molecule has 1 heterocycles. The Morgan fingerprint density at radius 3 is 3.00 bits per heavy atom. The molecule has 1 atom stereocenters. The zero-order valence-corrected chi connectivity index (χ0v) is 9.50. The molecule has 1 unspecified atom stereocenters. The Morgan fingerprint density at radius 2 is 2.36 bits per heavy atom. The molecule has 0 aromatic heterocycles. The number of likely N-dealkylation sites (N-methyl/N-ethyl adjacent to an activating group) is 2. The van der Waals surface area contributed by atoms with Crippen molar-refractivity contribution in [1.82, 2.24) is 9.80 Å². The van der Waals surface area contributed by atoms with Crippen LogP contribution in [0.25, 0.3) is 0 Å². The van der Waals surface area contributed by atoms with Gasteiger partial charge in [-0.1, -0.05) is 0 Å². The molecule has 0 bridgehead atoms. The molecular weight excluding hydrogens is 172 g/mol. The van der Waals surface area contributed by atoms with Gasteiger partial charge in [0.05, 0.1) is 0 Å². The summed E-state index contributed by atoms with van der Waals surface area (Å²) in [4.78, 5) is 4.89.